The summed E-state index contributed by atoms with van der Waals surface area (Å²) in [4.78, 5) is 30.2. The van der Waals surface area contributed by atoms with Crippen molar-refractivity contribution in [2.24, 2.45) is 5.92 Å². The molecule has 7 heteroatoms. The number of fused-ring (bicyclic) bond motifs is 1. The summed E-state index contributed by atoms with van der Waals surface area (Å²) in [7, 11) is 0. The third-order valence-electron chi connectivity index (χ3n) is 7.59. The van der Waals surface area contributed by atoms with Crippen molar-refractivity contribution in [1.29, 1.82) is 0 Å². The molecule has 1 atom stereocenters. The number of ketones is 1. The van der Waals surface area contributed by atoms with Gasteiger partial charge in [-0.05, 0) is 99.7 Å². The minimum absolute atomic E-state index is 0.000727. The number of ether oxygens (including phenoxy) is 2. The number of hydrogen-bond donors (Lipinski definition) is 0. The zero-order valence-electron chi connectivity index (χ0n) is 20.5. The Morgan fingerprint density at radius 1 is 0.944 bits per heavy atom. The van der Waals surface area contributed by atoms with Gasteiger partial charge in [-0.25, -0.2) is 4.39 Å². The van der Waals surface area contributed by atoms with E-state index in [1.54, 1.807) is 18.2 Å². The first kappa shape index (κ1) is 24.5. The van der Waals surface area contributed by atoms with Crippen molar-refractivity contribution in [3.05, 3.63) is 65.5 Å². The van der Waals surface area contributed by atoms with Gasteiger partial charge < -0.3 is 19.3 Å². The molecular weight excluding hydrogens is 459 g/mol. The number of amides is 1. The molecule has 0 radical (unpaired) electrons. The second kappa shape index (κ2) is 11.2. The van der Waals surface area contributed by atoms with E-state index in [0.29, 0.717) is 11.3 Å². The van der Waals surface area contributed by atoms with Gasteiger partial charge in [0, 0.05) is 36.7 Å². The smallest absolute Gasteiger partial charge is 0.246 e. The summed E-state index contributed by atoms with van der Waals surface area (Å²) in [6, 6.07) is 11.8. The number of likely N-dealkylation sites (tertiary alicyclic amines) is 2. The van der Waals surface area contributed by atoms with Gasteiger partial charge in [-0.2, -0.15) is 0 Å². The number of benzene rings is 2. The zero-order chi connectivity index (χ0) is 24.9. The number of carbonyl (C=O) groups is 2. The Morgan fingerprint density at radius 2 is 1.72 bits per heavy atom. The lowest BCUT2D eigenvalue weighted by molar-refractivity contribution is -0.129. The highest BCUT2D eigenvalue weighted by atomic mass is 19.1. The Bertz CT molecular complexity index is 1110. The molecule has 6 nitrogen and oxygen atoms in total. The van der Waals surface area contributed by atoms with Crippen LogP contribution in [0.4, 0.5) is 4.39 Å². The number of rotatable bonds is 7. The van der Waals surface area contributed by atoms with E-state index in [0.717, 1.165) is 76.0 Å². The molecular formula is C29H33FN2O4. The number of Topliss-reactive ketones (excluding diaryl/α,β-unsaturated/α-hetero) is 1. The quantitative estimate of drug-likeness (QED) is 0.405. The van der Waals surface area contributed by atoms with E-state index < -0.39 is 0 Å². The summed E-state index contributed by atoms with van der Waals surface area (Å²) in [5, 5.41) is 0. The maximum Gasteiger partial charge on any atom is 0.246 e. The second-order valence-corrected chi connectivity index (χ2v) is 9.90. The van der Waals surface area contributed by atoms with Crippen molar-refractivity contribution in [2.75, 3.05) is 33.0 Å². The molecule has 0 aromatic heterocycles. The van der Waals surface area contributed by atoms with Crippen LogP contribution in [0.5, 0.6) is 11.5 Å². The molecule has 1 unspecified atom stereocenters. The molecule has 0 N–H and O–H groups in total. The minimum atomic E-state index is -0.319. The van der Waals surface area contributed by atoms with E-state index in [1.807, 2.05) is 29.2 Å². The highest BCUT2D eigenvalue weighted by Crippen LogP contribution is 2.33. The van der Waals surface area contributed by atoms with Crippen LogP contribution >= 0.6 is 0 Å². The monoisotopic (exact) mass is 492 g/mol. The van der Waals surface area contributed by atoms with E-state index in [9.17, 15) is 14.0 Å². The number of halogens is 1. The Labute approximate surface area is 211 Å². The lowest BCUT2D eigenvalue weighted by Crippen LogP contribution is -2.45. The molecule has 5 rings (SSSR count). The van der Waals surface area contributed by atoms with Gasteiger partial charge in [0.25, 0.3) is 0 Å². The molecule has 0 bridgehead atoms. The van der Waals surface area contributed by atoms with Gasteiger partial charge >= 0.3 is 0 Å². The van der Waals surface area contributed by atoms with Crippen molar-refractivity contribution in [3.8, 4) is 11.5 Å². The van der Waals surface area contributed by atoms with E-state index in [1.165, 1.54) is 12.1 Å². The topological polar surface area (TPSA) is 59.1 Å². The number of hydrogen-bond acceptors (Lipinski definition) is 5. The summed E-state index contributed by atoms with van der Waals surface area (Å²) >= 11 is 0. The van der Waals surface area contributed by atoms with Crippen LogP contribution in [-0.4, -0.2) is 60.5 Å². The predicted molar refractivity (Wildman–Crippen MR) is 135 cm³/mol. The SMILES string of the molecule is O=C(c1ccc(F)cc1)C1CCN(CCC2CCCCN2C(=O)C=Cc2ccc3c(c2)OCO3)CC1. The zero-order valence-corrected chi connectivity index (χ0v) is 20.5. The Hall–Kier alpha value is -3.19. The van der Waals surface area contributed by atoms with Crippen LogP contribution in [0.1, 0.15) is 54.4 Å². The largest absolute Gasteiger partial charge is 0.454 e. The van der Waals surface area contributed by atoms with Gasteiger partial charge in [0.1, 0.15) is 5.82 Å². The van der Waals surface area contributed by atoms with Gasteiger partial charge in [-0.15, -0.1) is 0 Å². The van der Waals surface area contributed by atoms with Gasteiger partial charge in [0.15, 0.2) is 17.3 Å². The first-order valence-corrected chi connectivity index (χ1v) is 13.0. The molecule has 2 aromatic rings. The van der Waals surface area contributed by atoms with Crippen LogP contribution < -0.4 is 9.47 Å². The minimum Gasteiger partial charge on any atom is -0.454 e. The predicted octanol–water partition coefficient (Wildman–Crippen LogP) is 4.93. The fourth-order valence-electron chi connectivity index (χ4n) is 5.47. The fourth-order valence-corrected chi connectivity index (χ4v) is 5.47. The second-order valence-electron chi connectivity index (χ2n) is 9.90. The summed E-state index contributed by atoms with van der Waals surface area (Å²) < 4.78 is 23.9. The van der Waals surface area contributed by atoms with Gasteiger partial charge in [0.2, 0.25) is 12.7 Å². The lowest BCUT2D eigenvalue weighted by atomic mass is 9.88. The van der Waals surface area contributed by atoms with E-state index >= 15 is 0 Å². The lowest BCUT2D eigenvalue weighted by Gasteiger charge is -2.37. The highest BCUT2D eigenvalue weighted by molar-refractivity contribution is 5.97. The summed E-state index contributed by atoms with van der Waals surface area (Å²) in [6.07, 6.45) is 9.32. The molecule has 2 fully saturated rings. The molecule has 1 amide bonds. The third-order valence-corrected chi connectivity index (χ3v) is 7.59. The van der Waals surface area contributed by atoms with E-state index in [4.69, 9.17) is 9.47 Å². The van der Waals surface area contributed by atoms with E-state index in [-0.39, 0.29) is 36.3 Å². The molecule has 3 heterocycles. The third kappa shape index (κ3) is 5.78. The average Bonchev–Trinajstić information content (AvgIpc) is 3.39. The summed E-state index contributed by atoms with van der Waals surface area (Å²) in [6.45, 7) is 3.71. The van der Waals surface area contributed by atoms with Crippen LogP contribution in [0, 0.1) is 11.7 Å². The maximum atomic E-state index is 13.2. The van der Waals surface area contributed by atoms with Gasteiger partial charge in [-0.3, -0.25) is 9.59 Å². The maximum absolute atomic E-state index is 13.2. The van der Waals surface area contributed by atoms with Crippen molar-refractivity contribution in [1.82, 2.24) is 9.80 Å². The van der Waals surface area contributed by atoms with Crippen LogP contribution in [0.25, 0.3) is 6.08 Å². The number of nitrogens with zero attached hydrogens (tertiary/aromatic N) is 2. The molecule has 3 aliphatic heterocycles. The van der Waals surface area contributed by atoms with Crippen LogP contribution in [0.2, 0.25) is 0 Å². The Kier molecular flexibility index (Phi) is 7.66. The average molecular weight is 493 g/mol. The van der Waals surface area contributed by atoms with Crippen molar-refractivity contribution in [2.45, 2.75) is 44.6 Å². The van der Waals surface area contributed by atoms with Crippen LogP contribution in [0.15, 0.2) is 48.5 Å². The summed E-state index contributed by atoms with van der Waals surface area (Å²) in [5.74, 6) is 1.30. The molecule has 190 valence electrons. The van der Waals surface area contributed by atoms with Gasteiger partial charge in [-0.1, -0.05) is 6.07 Å². The van der Waals surface area contributed by atoms with Crippen molar-refractivity contribution >= 4 is 17.8 Å². The van der Waals surface area contributed by atoms with Crippen LogP contribution in [-0.2, 0) is 4.79 Å². The first-order valence-electron chi connectivity index (χ1n) is 13.0. The molecule has 3 aliphatic rings. The summed E-state index contributed by atoms with van der Waals surface area (Å²) in [5.41, 5.74) is 1.51. The van der Waals surface area contributed by atoms with Crippen molar-refractivity contribution in [3.63, 3.8) is 0 Å². The van der Waals surface area contributed by atoms with Crippen molar-refractivity contribution < 1.29 is 23.5 Å². The standard InChI is InChI=1S/C29H33FN2O4/c30-24-8-6-22(7-9-24)29(34)23-12-16-31(17-13-23)18-14-25-3-1-2-15-32(25)28(33)11-5-21-4-10-26-27(19-21)36-20-35-26/h4-11,19,23,25H,1-3,12-18,20H2. The fraction of sp³-hybridized carbons (Fsp3) is 0.448. The molecule has 0 aliphatic carbocycles. The normalized spacial score (nSPS) is 20.7. The van der Waals surface area contributed by atoms with Gasteiger partial charge in [0.05, 0.1) is 0 Å². The molecule has 0 saturated carbocycles. The first-order chi connectivity index (χ1) is 17.6. The molecule has 2 saturated heterocycles. The highest BCUT2D eigenvalue weighted by Gasteiger charge is 2.29. The molecule has 36 heavy (non-hydrogen) atoms. The van der Waals surface area contributed by atoms with E-state index in [2.05, 4.69) is 4.90 Å². The number of carbonyl (C=O) groups excluding carboxylic acids is 2. The number of piperidine rings is 2. The van der Waals surface area contributed by atoms with Crippen LogP contribution in [0.3, 0.4) is 0 Å². The molecule has 0 spiro atoms. The Morgan fingerprint density at radius 3 is 2.53 bits per heavy atom. The molecule has 2 aromatic carbocycles. The Balaban J connectivity index is 1.11.